The number of carbonyl (C=O) groups is 2. The van der Waals surface area contributed by atoms with Gasteiger partial charge in [0, 0.05) is 24.3 Å². The largest absolute Gasteiger partial charge is 0.375 e. The van der Waals surface area contributed by atoms with E-state index in [0.29, 0.717) is 16.5 Å². The lowest BCUT2D eigenvalue weighted by Gasteiger charge is -1.98. The van der Waals surface area contributed by atoms with E-state index in [4.69, 9.17) is 10.5 Å². The molecule has 19 heavy (non-hydrogen) atoms. The van der Waals surface area contributed by atoms with Gasteiger partial charge in [0.05, 0.1) is 5.69 Å². The van der Waals surface area contributed by atoms with E-state index in [0.717, 1.165) is 5.56 Å². The summed E-state index contributed by atoms with van der Waals surface area (Å²) in [5, 5.41) is 4.85. The van der Waals surface area contributed by atoms with Gasteiger partial charge in [0.1, 0.15) is 12.3 Å². The number of methoxy groups -OCH3 is 1. The monoisotopic (exact) mass is 280 g/mol. The van der Waals surface area contributed by atoms with Crippen LogP contribution in [0.3, 0.4) is 0 Å². The normalized spacial score (nSPS) is 10.4. The molecule has 0 aliphatic carbocycles. The molecule has 0 saturated carbocycles. The van der Waals surface area contributed by atoms with Gasteiger partial charge >= 0.3 is 0 Å². The van der Waals surface area contributed by atoms with Crippen molar-refractivity contribution in [2.45, 2.75) is 0 Å². The minimum atomic E-state index is -0.532. The van der Waals surface area contributed by atoms with Crippen LogP contribution in [0.15, 0.2) is 17.6 Å². The molecule has 7 nitrogen and oxygen atoms in total. The molecule has 2 rings (SSSR count). The van der Waals surface area contributed by atoms with Crippen LogP contribution in [0.1, 0.15) is 10.5 Å². The second-order valence-electron chi connectivity index (χ2n) is 3.69. The highest BCUT2D eigenvalue weighted by Crippen LogP contribution is 2.25. The Morgan fingerprint density at radius 2 is 2.37 bits per heavy atom. The molecule has 0 aliphatic heterocycles. The van der Waals surface area contributed by atoms with Gasteiger partial charge in [-0.1, -0.05) is 0 Å². The van der Waals surface area contributed by atoms with Gasteiger partial charge < -0.3 is 15.5 Å². The molecule has 0 unspecified atom stereocenters. The number of nitrogens with zero attached hydrogens (tertiary/aromatic N) is 1. The van der Waals surface area contributed by atoms with Crippen LogP contribution in [0.2, 0.25) is 0 Å². The van der Waals surface area contributed by atoms with E-state index in [9.17, 15) is 9.59 Å². The summed E-state index contributed by atoms with van der Waals surface area (Å²) in [7, 11) is 1.44. The lowest BCUT2D eigenvalue weighted by atomic mass is 10.2. The molecule has 0 aliphatic rings. The summed E-state index contributed by atoms with van der Waals surface area (Å²) in [6.45, 7) is -0.0229. The standard InChI is InChI=1S/C11H12N4O3S/c1-18-4-9(16)15-11-14-8(5-19-11)6-2-7(10(12)17)13-3-6/h2-3,5,13H,4H2,1H3,(H2,12,17)(H,14,15,16). The average molecular weight is 280 g/mol. The number of H-pyrrole nitrogens is 1. The molecule has 2 aromatic heterocycles. The zero-order chi connectivity index (χ0) is 13.8. The van der Waals surface area contributed by atoms with Crippen molar-refractivity contribution >= 4 is 28.3 Å². The molecule has 0 fully saturated rings. The molecular weight excluding hydrogens is 268 g/mol. The summed E-state index contributed by atoms with van der Waals surface area (Å²) < 4.78 is 4.71. The fraction of sp³-hybridized carbons (Fsp3) is 0.182. The number of aromatic amines is 1. The summed E-state index contributed by atoms with van der Waals surface area (Å²) in [6, 6.07) is 1.61. The number of amides is 2. The zero-order valence-corrected chi connectivity index (χ0v) is 10.9. The molecule has 8 heteroatoms. The van der Waals surface area contributed by atoms with Gasteiger partial charge in [0.25, 0.3) is 11.8 Å². The van der Waals surface area contributed by atoms with Crippen LogP contribution < -0.4 is 11.1 Å². The minimum absolute atomic E-state index is 0.0229. The highest BCUT2D eigenvalue weighted by atomic mass is 32.1. The molecule has 4 N–H and O–H groups in total. The van der Waals surface area contributed by atoms with E-state index in [1.165, 1.54) is 18.4 Å². The number of carbonyl (C=O) groups excluding carboxylic acids is 2. The van der Waals surface area contributed by atoms with Crippen molar-refractivity contribution in [1.29, 1.82) is 0 Å². The van der Waals surface area contributed by atoms with Gasteiger partial charge in [-0.15, -0.1) is 11.3 Å². The van der Waals surface area contributed by atoms with Crippen molar-refractivity contribution in [3.05, 3.63) is 23.3 Å². The Hall–Kier alpha value is -2.19. The highest BCUT2D eigenvalue weighted by molar-refractivity contribution is 7.14. The van der Waals surface area contributed by atoms with E-state index in [-0.39, 0.29) is 12.5 Å². The van der Waals surface area contributed by atoms with E-state index < -0.39 is 5.91 Å². The Balaban J connectivity index is 2.11. The molecular formula is C11H12N4O3S. The lowest BCUT2D eigenvalue weighted by molar-refractivity contribution is -0.119. The van der Waals surface area contributed by atoms with E-state index in [1.54, 1.807) is 17.6 Å². The zero-order valence-electron chi connectivity index (χ0n) is 10.1. The van der Waals surface area contributed by atoms with Crippen LogP contribution in [-0.2, 0) is 9.53 Å². The molecule has 2 amide bonds. The van der Waals surface area contributed by atoms with Crippen LogP contribution >= 0.6 is 11.3 Å². The highest BCUT2D eigenvalue weighted by Gasteiger charge is 2.10. The van der Waals surface area contributed by atoms with Crippen molar-refractivity contribution in [2.24, 2.45) is 5.73 Å². The van der Waals surface area contributed by atoms with Gasteiger partial charge in [-0.3, -0.25) is 14.9 Å². The summed E-state index contributed by atoms with van der Waals surface area (Å²) in [5.74, 6) is -0.801. The lowest BCUT2D eigenvalue weighted by Crippen LogP contribution is -2.16. The smallest absolute Gasteiger partial charge is 0.265 e. The molecule has 2 aromatic rings. The third-order valence-electron chi connectivity index (χ3n) is 2.27. The summed E-state index contributed by atoms with van der Waals surface area (Å²) in [5.41, 5.74) is 6.85. The molecule has 100 valence electrons. The minimum Gasteiger partial charge on any atom is -0.375 e. The summed E-state index contributed by atoms with van der Waals surface area (Å²) in [4.78, 5) is 29.3. The van der Waals surface area contributed by atoms with Gasteiger partial charge in [-0.2, -0.15) is 0 Å². The summed E-state index contributed by atoms with van der Waals surface area (Å²) >= 11 is 1.29. The van der Waals surface area contributed by atoms with Crippen LogP contribution in [0, 0.1) is 0 Å². The van der Waals surface area contributed by atoms with Crippen molar-refractivity contribution < 1.29 is 14.3 Å². The van der Waals surface area contributed by atoms with Crippen molar-refractivity contribution in [3.8, 4) is 11.3 Å². The van der Waals surface area contributed by atoms with Crippen molar-refractivity contribution in [1.82, 2.24) is 9.97 Å². The van der Waals surface area contributed by atoms with E-state index in [2.05, 4.69) is 15.3 Å². The number of anilines is 1. The number of aromatic nitrogens is 2. The number of thiazole rings is 1. The number of nitrogens with one attached hydrogen (secondary N) is 2. The van der Waals surface area contributed by atoms with Gasteiger partial charge in [0.15, 0.2) is 5.13 Å². The Kier molecular flexibility index (Phi) is 3.93. The number of ether oxygens (including phenoxy) is 1. The molecule has 0 radical (unpaired) electrons. The predicted molar refractivity (Wildman–Crippen MR) is 70.9 cm³/mol. The molecule has 0 atom stereocenters. The van der Waals surface area contributed by atoms with Crippen LogP contribution in [0.4, 0.5) is 5.13 Å². The third kappa shape index (κ3) is 3.18. The number of primary amides is 1. The molecule has 0 aromatic carbocycles. The fourth-order valence-electron chi connectivity index (χ4n) is 1.43. The maximum Gasteiger partial charge on any atom is 0.265 e. The SMILES string of the molecule is COCC(=O)Nc1nc(-c2c[nH]c(C(N)=O)c2)cs1. The predicted octanol–water partition coefficient (Wildman–Crippen LogP) is 0.822. The van der Waals surface area contributed by atoms with Crippen LogP contribution in [0.5, 0.6) is 0 Å². The topological polar surface area (TPSA) is 110 Å². The molecule has 0 saturated heterocycles. The summed E-state index contributed by atoms with van der Waals surface area (Å²) in [6.07, 6.45) is 1.63. The number of nitrogens with two attached hydrogens (primary N) is 1. The number of hydrogen-bond donors (Lipinski definition) is 3. The van der Waals surface area contributed by atoms with E-state index >= 15 is 0 Å². The second kappa shape index (κ2) is 5.63. The van der Waals surface area contributed by atoms with Crippen LogP contribution in [-0.4, -0.2) is 35.5 Å². The Labute approximate surface area is 112 Å². The van der Waals surface area contributed by atoms with Crippen molar-refractivity contribution in [3.63, 3.8) is 0 Å². The maximum atomic E-state index is 11.3. The van der Waals surface area contributed by atoms with Gasteiger partial charge in [0.2, 0.25) is 0 Å². The number of rotatable bonds is 5. The van der Waals surface area contributed by atoms with Gasteiger partial charge in [-0.25, -0.2) is 4.98 Å². The van der Waals surface area contributed by atoms with E-state index in [1.807, 2.05) is 0 Å². The first kappa shape index (κ1) is 13.2. The van der Waals surface area contributed by atoms with Crippen LogP contribution in [0.25, 0.3) is 11.3 Å². The maximum absolute atomic E-state index is 11.3. The average Bonchev–Trinajstić information content (AvgIpc) is 2.96. The first-order valence-corrected chi connectivity index (χ1v) is 6.21. The quantitative estimate of drug-likeness (QED) is 0.753. The van der Waals surface area contributed by atoms with Crippen molar-refractivity contribution in [2.75, 3.05) is 19.0 Å². The molecule has 0 spiro atoms. The first-order valence-electron chi connectivity index (χ1n) is 5.33. The first-order chi connectivity index (χ1) is 9.10. The fourth-order valence-corrected chi connectivity index (χ4v) is 2.17. The third-order valence-corrected chi connectivity index (χ3v) is 3.03. The molecule has 0 bridgehead atoms. The Bertz CT molecular complexity index is 605. The Morgan fingerprint density at radius 3 is 3.00 bits per heavy atom. The van der Waals surface area contributed by atoms with Gasteiger partial charge in [-0.05, 0) is 6.07 Å². The second-order valence-corrected chi connectivity index (χ2v) is 4.54. The number of hydrogen-bond acceptors (Lipinski definition) is 5. The Morgan fingerprint density at radius 1 is 1.58 bits per heavy atom. The molecule has 2 heterocycles.